The topological polar surface area (TPSA) is 63.6 Å². The fraction of sp³-hybridized carbons (Fsp3) is 0.263. The van der Waals surface area contributed by atoms with Gasteiger partial charge in [0.2, 0.25) is 0 Å². The number of hydrogen-bond acceptors (Lipinski definition) is 3. The number of carbonyl (C=O) groups excluding carboxylic acids is 1. The molecule has 1 aromatic carbocycles. The second-order valence-electron chi connectivity index (χ2n) is 5.05. The van der Waals surface area contributed by atoms with Gasteiger partial charge in [0.15, 0.2) is 5.41 Å². The fourth-order valence-corrected chi connectivity index (χ4v) is 2.13. The van der Waals surface area contributed by atoms with Crippen molar-refractivity contribution in [2.45, 2.75) is 19.8 Å². The summed E-state index contributed by atoms with van der Waals surface area (Å²) in [6, 6.07) is 9.50. The summed E-state index contributed by atoms with van der Waals surface area (Å²) in [5.74, 6) is -1.93. The normalized spacial score (nSPS) is 14.3. The lowest BCUT2D eigenvalue weighted by molar-refractivity contribution is -0.166. The molecule has 0 amide bonds. The lowest BCUT2D eigenvalue weighted by atomic mass is 9.80. The van der Waals surface area contributed by atoms with Crippen LogP contribution in [0.4, 0.5) is 0 Å². The van der Waals surface area contributed by atoms with Crippen LogP contribution in [-0.2, 0) is 14.3 Å². The van der Waals surface area contributed by atoms with Gasteiger partial charge in [0.05, 0.1) is 7.11 Å². The van der Waals surface area contributed by atoms with Crippen LogP contribution in [0.2, 0.25) is 0 Å². The van der Waals surface area contributed by atoms with Crippen LogP contribution in [0.25, 0.3) is 6.08 Å². The first-order valence-electron chi connectivity index (χ1n) is 7.38. The molecule has 0 aromatic heterocycles. The summed E-state index contributed by atoms with van der Waals surface area (Å²) in [6.07, 6.45) is 10.6. The van der Waals surface area contributed by atoms with E-state index in [1.54, 1.807) is 30.4 Å². The number of allylic oxidation sites excluding steroid dienone is 5. The maximum Gasteiger partial charge on any atom is 0.323 e. The fourth-order valence-electron chi connectivity index (χ4n) is 2.13. The lowest BCUT2D eigenvalue weighted by Crippen LogP contribution is -2.39. The van der Waals surface area contributed by atoms with Crippen molar-refractivity contribution in [1.82, 2.24) is 0 Å². The van der Waals surface area contributed by atoms with Gasteiger partial charge >= 0.3 is 11.9 Å². The highest BCUT2D eigenvalue weighted by atomic mass is 16.5. The second-order valence-corrected chi connectivity index (χ2v) is 5.05. The minimum atomic E-state index is -1.61. The number of aliphatic carboxylic acids is 1. The van der Waals surface area contributed by atoms with Crippen molar-refractivity contribution in [2.24, 2.45) is 5.41 Å². The Bertz CT molecular complexity index is 599. The molecule has 0 heterocycles. The van der Waals surface area contributed by atoms with E-state index in [0.717, 1.165) is 5.56 Å². The summed E-state index contributed by atoms with van der Waals surface area (Å²) >= 11 is 0. The van der Waals surface area contributed by atoms with Crippen LogP contribution < -0.4 is 0 Å². The Hall–Kier alpha value is -2.62. The van der Waals surface area contributed by atoms with Gasteiger partial charge in [-0.15, -0.1) is 0 Å². The first-order valence-corrected chi connectivity index (χ1v) is 7.38. The molecule has 0 bridgehead atoms. The number of carboxylic acids is 1. The van der Waals surface area contributed by atoms with Crippen LogP contribution in [0.15, 0.2) is 60.7 Å². The van der Waals surface area contributed by atoms with Gasteiger partial charge in [-0.3, -0.25) is 9.59 Å². The summed E-state index contributed by atoms with van der Waals surface area (Å²) < 4.78 is 4.73. The average molecular weight is 314 g/mol. The molecule has 4 heteroatoms. The molecule has 0 radical (unpaired) electrons. The third-order valence-corrected chi connectivity index (χ3v) is 3.47. The van der Waals surface area contributed by atoms with Gasteiger partial charge in [-0.05, 0) is 25.3 Å². The van der Waals surface area contributed by atoms with Gasteiger partial charge in [0, 0.05) is 0 Å². The lowest BCUT2D eigenvalue weighted by Gasteiger charge is -2.23. The molecule has 0 aliphatic rings. The van der Waals surface area contributed by atoms with E-state index in [0.29, 0.717) is 0 Å². The Morgan fingerprint density at radius 2 is 1.78 bits per heavy atom. The molecule has 1 aromatic rings. The molecule has 0 saturated carbocycles. The first-order chi connectivity index (χ1) is 11.1. The van der Waals surface area contributed by atoms with Crippen molar-refractivity contribution in [3.05, 3.63) is 66.3 Å². The van der Waals surface area contributed by atoms with Gasteiger partial charge < -0.3 is 9.84 Å². The number of hydrogen-bond donors (Lipinski definition) is 1. The number of ether oxygens (including phenoxy) is 1. The molecule has 0 saturated heterocycles. The molecule has 4 nitrogen and oxygen atoms in total. The zero-order valence-corrected chi connectivity index (χ0v) is 13.4. The van der Waals surface area contributed by atoms with Gasteiger partial charge in [-0.25, -0.2) is 0 Å². The van der Waals surface area contributed by atoms with E-state index >= 15 is 0 Å². The minimum absolute atomic E-state index is 0.0596. The second kappa shape index (κ2) is 9.41. The van der Waals surface area contributed by atoms with Crippen molar-refractivity contribution < 1.29 is 19.4 Å². The van der Waals surface area contributed by atoms with E-state index in [1.165, 1.54) is 7.11 Å². The molecule has 23 heavy (non-hydrogen) atoms. The Labute approximate surface area is 136 Å². The predicted molar refractivity (Wildman–Crippen MR) is 90.7 cm³/mol. The van der Waals surface area contributed by atoms with Crippen molar-refractivity contribution in [1.29, 1.82) is 0 Å². The number of carbonyl (C=O) groups is 2. The van der Waals surface area contributed by atoms with Crippen molar-refractivity contribution >= 4 is 18.0 Å². The van der Waals surface area contributed by atoms with Crippen LogP contribution in [-0.4, -0.2) is 24.2 Å². The van der Waals surface area contributed by atoms with Crippen LogP contribution in [0, 0.1) is 5.41 Å². The highest BCUT2D eigenvalue weighted by Crippen LogP contribution is 2.30. The van der Waals surface area contributed by atoms with Crippen molar-refractivity contribution in [3.8, 4) is 0 Å². The van der Waals surface area contributed by atoms with Crippen molar-refractivity contribution in [2.75, 3.05) is 7.11 Å². The highest BCUT2D eigenvalue weighted by Gasteiger charge is 2.45. The maximum atomic E-state index is 12.1. The minimum Gasteiger partial charge on any atom is -0.480 e. The third-order valence-electron chi connectivity index (χ3n) is 3.47. The number of benzene rings is 1. The molecular formula is C19H22O4. The van der Waals surface area contributed by atoms with E-state index in [-0.39, 0.29) is 12.8 Å². The quantitative estimate of drug-likeness (QED) is 0.449. The SMILES string of the molecule is C/C=C/C=C/CC(CC=Cc1ccccc1)(C(=O)O)C(=O)OC. The molecule has 1 unspecified atom stereocenters. The summed E-state index contributed by atoms with van der Waals surface area (Å²) in [4.78, 5) is 23.8. The predicted octanol–water partition coefficient (Wildman–Crippen LogP) is 3.86. The Kier molecular flexibility index (Phi) is 7.54. The molecule has 122 valence electrons. The largest absolute Gasteiger partial charge is 0.480 e. The Morgan fingerprint density at radius 1 is 1.13 bits per heavy atom. The number of carboxylic acid groups (broad SMARTS) is 1. The molecule has 0 spiro atoms. The van der Waals surface area contributed by atoms with Gasteiger partial charge in [0.25, 0.3) is 0 Å². The zero-order valence-electron chi connectivity index (χ0n) is 13.4. The van der Waals surface area contributed by atoms with Crippen molar-refractivity contribution in [3.63, 3.8) is 0 Å². The van der Waals surface area contributed by atoms with Gasteiger partial charge in [-0.2, -0.15) is 0 Å². The molecular weight excluding hydrogens is 292 g/mol. The number of esters is 1. The standard InChI is InChI=1S/C19H22O4/c1-3-4-5-9-14-19(17(20)21,18(22)23-2)15-10-13-16-11-7-6-8-12-16/h3-13H,14-15H2,1-2H3,(H,20,21)/b4-3+,9-5+,13-10?. The summed E-state index contributed by atoms with van der Waals surface area (Å²) in [5.41, 5.74) is -0.668. The highest BCUT2D eigenvalue weighted by molar-refractivity contribution is 5.99. The number of methoxy groups -OCH3 is 1. The number of rotatable bonds is 8. The Balaban J connectivity index is 2.99. The average Bonchev–Trinajstić information content (AvgIpc) is 2.57. The van der Waals surface area contributed by atoms with Crippen LogP contribution in [0.5, 0.6) is 0 Å². The summed E-state index contributed by atoms with van der Waals surface area (Å²) in [6.45, 7) is 1.86. The smallest absolute Gasteiger partial charge is 0.323 e. The van der Waals surface area contributed by atoms with Gasteiger partial charge in [-0.1, -0.05) is 66.8 Å². The summed E-state index contributed by atoms with van der Waals surface area (Å²) in [5, 5.41) is 9.59. The molecule has 0 aliphatic heterocycles. The van der Waals surface area contributed by atoms with Gasteiger partial charge in [0.1, 0.15) is 0 Å². The van der Waals surface area contributed by atoms with Crippen LogP contribution in [0.1, 0.15) is 25.3 Å². The van der Waals surface area contributed by atoms with E-state index in [9.17, 15) is 14.7 Å². The van der Waals surface area contributed by atoms with E-state index in [4.69, 9.17) is 4.74 Å². The van der Waals surface area contributed by atoms with Crippen LogP contribution in [0.3, 0.4) is 0 Å². The third kappa shape index (κ3) is 5.25. The summed E-state index contributed by atoms with van der Waals surface area (Å²) in [7, 11) is 1.20. The maximum absolute atomic E-state index is 12.1. The van der Waals surface area contributed by atoms with E-state index < -0.39 is 17.4 Å². The molecule has 1 atom stereocenters. The molecule has 0 aliphatic carbocycles. The van der Waals surface area contributed by atoms with E-state index in [1.807, 2.05) is 43.3 Å². The zero-order chi connectivity index (χ0) is 17.1. The Morgan fingerprint density at radius 3 is 2.35 bits per heavy atom. The monoisotopic (exact) mass is 314 g/mol. The van der Waals surface area contributed by atoms with E-state index in [2.05, 4.69) is 0 Å². The molecule has 1 rings (SSSR count). The van der Waals surface area contributed by atoms with Crippen LogP contribution >= 0.6 is 0 Å². The molecule has 0 fully saturated rings. The first kappa shape index (κ1) is 18.4. The molecule has 1 N–H and O–H groups in total.